The van der Waals surface area contributed by atoms with E-state index in [-0.39, 0.29) is 0 Å². The van der Waals surface area contributed by atoms with Crippen molar-refractivity contribution in [3.8, 4) is 11.5 Å². The van der Waals surface area contributed by atoms with E-state index in [1.807, 2.05) is 31.2 Å². The van der Waals surface area contributed by atoms with Gasteiger partial charge in [-0.2, -0.15) is 0 Å². The molecular weight excluding hydrogens is 386 g/mol. The van der Waals surface area contributed by atoms with Crippen molar-refractivity contribution in [2.24, 2.45) is 0 Å². The number of hydrogen-bond donors (Lipinski definition) is 0. The standard InChI is InChI=1S/C15H15Br2NO2/c1-2-19-14-7-12(8-16)6-13(17)15(14)20-10-11-4-3-5-18-9-11/h3-7,9H,2,8,10H2,1H3. The Hall–Kier alpha value is -1.07. The fraction of sp³-hybridized carbons (Fsp3) is 0.267. The largest absolute Gasteiger partial charge is 0.490 e. The molecule has 0 aliphatic heterocycles. The summed E-state index contributed by atoms with van der Waals surface area (Å²) < 4.78 is 12.4. The van der Waals surface area contributed by atoms with Gasteiger partial charge in [-0.1, -0.05) is 22.0 Å². The molecule has 2 aromatic rings. The highest BCUT2D eigenvalue weighted by molar-refractivity contribution is 9.10. The molecule has 1 aromatic heterocycles. The number of hydrogen-bond acceptors (Lipinski definition) is 3. The highest BCUT2D eigenvalue weighted by atomic mass is 79.9. The number of benzene rings is 1. The van der Waals surface area contributed by atoms with Crippen LogP contribution in [0.2, 0.25) is 0 Å². The van der Waals surface area contributed by atoms with Gasteiger partial charge in [-0.15, -0.1) is 0 Å². The van der Waals surface area contributed by atoms with Gasteiger partial charge in [-0.25, -0.2) is 0 Å². The summed E-state index contributed by atoms with van der Waals surface area (Å²) in [7, 11) is 0. The lowest BCUT2D eigenvalue weighted by Crippen LogP contribution is -2.01. The maximum Gasteiger partial charge on any atom is 0.175 e. The minimum absolute atomic E-state index is 0.459. The van der Waals surface area contributed by atoms with E-state index < -0.39 is 0 Å². The number of rotatable bonds is 6. The topological polar surface area (TPSA) is 31.4 Å². The van der Waals surface area contributed by atoms with Crippen molar-refractivity contribution in [3.05, 3.63) is 52.3 Å². The summed E-state index contributed by atoms with van der Waals surface area (Å²) in [4.78, 5) is 4.08. The monoisotopic (exact) mass is 399 g/mol. The lowest BCUT2D eigenvalue weighted by atomic mass is 10.2. The van der Waals surface area contributed by atoms with Crippen molar-refractivity contribution < 1.29 is 9.47 Å². The van der Waals surface area contributed by atoms with Crippen molar-refractivity contribution >= 4 is 31.9 Å². The van der Waals surface area contributed by atoms with E-state index in [1.165, 1.54) is 0 Å². The zero-order chi connectivity index (χ0) is 14.4. The summed E-state index contributed by atoms with van der Waals surface area (Å²) in [6, 6.07) is 7.89. The molecule has 0 amide bonds. The van der Waals surface area contributed by atoms with Crippen LogP contribution in [-0.4, -0.2) is 11.6 Å². The van der Waals surface area contributed by atoms with Gasteiger partial charge in [0.15, 0.2) is 11.5 Å². The van der Waals surface area contributed by atoms with Crippen molar-refractivity contribution in [2.75, 3.05) is 6.61 Å². The molecule has 3 nitrogen and oxygen atoms in total. The predicted octanol–water partition coefficient (Wildman–Crippen LogP) is 4.72. The summed E-state index contributed by atoms with van der Waals surface area (Å²) in [6.45, 7) is 3.02. The second-order valence-electron chi connectivity index (χ2n) is 4.12. The fourth-order valence-electron chi connectivity index (χ4n) is 1.74. The van der Waals surface area contributed by atoms with Gasteiger partial charge in [0.25, 0.3) is 0 Å². The van der Waals surface area contributed by atoms with Gasteiger partial charge in [0.05, 0.1) is 11.1 Å². The molecule has 1 heterocycles. The Morgan fingerprint density at radius 3 is 2.70 bits per heavy atom. The first kappa shape index (κ1) is 15.3. The number of ether oxygens (including phenoxy) is 2. The number of aromatic nitrogens is 1. The third-order valence-corrected chi connectivity index (χ3v) is 3.87. The molecule has 0 aliphatic carbocycles. The van der Waals surface area contributed by atoms with E-state index >= 15 is 0 Å². The first-order valence-electron chi connectivity index (χ1n) is 6.27. The Balaban J connectivity index is 2.21. The van der Waals surface area contributed by atoms with Gasteiger partial charge < -0.3 is 9.47 Å². The van der Waals surface area contributed by atoms with Crippen LogP contribution in [-0.2, 0) is 11.9 Å². The van der Waals surface area contributed by atoms with Crippen molar-refractivity contribution in [2.45, 2.75) is 18.9 Å². The third kappa shape index (κ3) is 3.96. The van der Waals surface area contributed by atoms with Crippen LogP contribution in [0.1, 0.15) is 18.1 Å². The highest BCUT2D eigenvalue weighted by Gasteiger charge is 2.12. The van der Waals surface area contributed by atoms with Crippen LogP contribution in [0.25, 0.3) is 0 Å². The molecule has 1 aromatic carbocycles. The molecule has 0 saturated carbocycles. The average Bonchev–Trinajstić information content (AvgIpc) is 2.47. The van der Waals surface area contributed by atoms with E-state index in [9.17, 15) is 0 Å². The van der Waals surface area contributed by atoms with E-state index in [0.29, 0.717) is 13.2 Å². The molecule has 0 aliphatic rings. The van der Waals surface area contributed by atoms with Gasteiger partial charge >= 0.3 is 0 Å². The van der Waals surface area contributed by atoms with Gasteiger partial charge in [-0.3, -0.25) is 4.98 Å². The summed E-state index contributed by atoms with van der Waals surface area (Å²) >= 11 is 6.99. The molecule has 0 fully saturated rings. The smallest absolute Gasteiger partial charge is 0.175 e. The molecule has 0 unspecified atom stereocenters. The van der Waals surface area contributed by atoms with Crippen molar-refractivity contribution in [1.82, 2.24) is 4.98 Å². The van der Waals surface area contributed by atoms with E-state index in [1.54, 1.807) is 12.4 Å². The number of pyridine rings is 1. The normalized spacial score (nSPS) is 10.3. The second-order valence-corrected chi connectivity index (χ2v) is 5.54. The highest BCUT2D eigenvalue weighted by Crippen LogP contribution is 2.37. The molecule has 2 rings (SSSR count). The molecule has 0 N–H and O–H groups in total. The number of alkyl halides is 1. The fourth-order valence-corrected chi connectivity index (χ4v) is 2.67. The van der Waals surface area contributed by atoms with Crippen LogP contribution in [0.3, 0.4) is 0 Å². The molecule has 5 heteroatoms. The Bertz CT molecular complexity index is 561. The molecule has 106 valence electrons. The molecule has 0 atom stereocenters. The maximum atomic E-state index is 5.88. The number of halogens is 2. The molecule has 20 heavy (non-hydrogen) atoms. The van der Waals surface area contributed by atoms with Crippen LogP contribution >= 0.6 is 31.9 Å². The molecule has 0 spiro atoms. The minimum atomic E-state index is 0.459. The lowest BCUT2D eigenvalue weighted by molar-refractivity contribution is 0.267. The summed E-state index contributed by atoms with van der Waals surface area (Å²) in [6.07, 6.45) is 3.54. The zero-order valence-electron chi connectivity index (χ0n) is 11.1. The zero-order valence-corrected chi connectivity index (χ0v) is 14.3. The SMILES string of the molecule is CCOc1cc(CBr)cc(Br)c1OCc1cccnc1. The molecular formula is C15H15Br2NO2. The van der Waals surface area contributed by atoms with Crippen LogP contribution in [0.15, 0.2) is 41.1 Å². The third-order valence-electron chi connectivity index (χ3n) is 2.63. The van der Waals surface area contributed by atoms with Crippen molar-refractivity contribution in [3.63, 3.8) is 0 Å². The maximum absolute atomic E-state index is 5.88. The van der Waals surface area contributed by atoms with Crippen LogP contribution in [0.4, 0.5) is 0 Å². The van der Waals surface area contributed by atoms with Gasteiger partial charge in [0.1, 0.15) is 6.61 Å². The lowest BCUT2D eigenvalue weighted by Gasteiger charge is -2.15. The molecule has 0 bridgehead atoms. The van der Waals surface area contributed by atoms with E-state index in [0.717, 1.165) is 32.4 Å². The predicted molar refractivity (Wildman–Crippen MR) is 86.5 cm³/mol. The van der Waals surface area contributed by atoms with Crippen LogP contribution in [0, 0.1) is 0 Å². The van der Waals surface area contributed by atoms with Crippen LogP contribution in [0.5, 0.6) is 11.5 Å². The minimum Gasteiger partial charge on any atom is -0.490 e. The molecule has 0 radical (unpaired) electrons. The summed E-state index contributed by atoms with van der Waals surface area (Å²) in [5.41, 5.74) is 2.15. The summed E-state index contributed by atoms with van der Waals surface area (Å²) in [5, 5.41) is 0.772. The van der Waals surface area contributed by atoms with Crippen molar-refractivity contribution in [1.29, 1.82) is 0 Å². The Morgan fingerprint density at radius 1 is 1.20 bits per heavy atom. The first-order valence-corrected chi connectivity index (χ1v) is 8.19. The first-order chi connectivity index (χ1) is 9.74. The van der Waals surface area contributed by atoms with Crippen LogP contribution < -0.4 is 9.47 Å². The Labute approximate surface area is 135 Å². The van der Waals surface area contributed by atoms with Gasteiger partial charge in [-0.05, 0) is 46.6 Å². The van der Waals surface area contributed by atoms with E-state index in [4.69, 9.17) is 9.47 Å². The Kier molecular flexibility index (Phi) is 5.86. The summed E-state index contributed by atoms with van der Waals surface area (Å²) in [5.74, 6) is 1.47. The molecule has 0 saturated heterocycles. The number of nitrogens with zero attached hydrogens (tertiary/aromatic N) is 1. The Morgan fingerprint density at radius 2 is 2.05 bits per heavy atom. The van der Waals surface area contributed by atoms with Gasteiger partial charge in [0, 0.05) is 23.3 Å². The second kappa shape index (κ2) is 7.64. The average molecular weight is 401 g/mol. The van der Waals surface area contributed by atoms with Gasteiger partial charge in [0.2, 0.25) is 0 Å². The quantitative estimate of drug-likeness (QED) is 0.657. The van der Waals surface area contributed by atoms with E-state index in [2.05, 4.69) is 36.8 Å².